The van der Waals surface area contributed by atoms with Gasteiger partial charge in [0.2, 0.25) is 0 Å². The van der Waals surface area contributed by atoms with E-state index in [-0.39, 0.29) is 0 Å². The molecule has 2 aromatic rings. The summed E-state index contributed by atoms with van der Waals surface area (Å²) in [6.07, 6.45) is 5.21. The average molecular weight is 310 g/mol. The van der Waals surface area contributed by atoms with Crippen molar-refractivity contribution in [1.29, 1.82) is 0 Å². The summed E-state index contributed by atoms with van der Waals surface area (Å²) in [6.45, 7) is 2.81. The van der Waals surface area contributed by atoms with Gasteiger partial charge in [-0.3, -0.25) is 0 Å². The summed E-state index contributed by atoms with van der Waals surface area (Å²) in [5, 5.41) is 7.27. The van der Waals surface area contributed by atoms with Gasteiger partial charge in [-0.1, -0.05) is 5.92 Å². The van der Waals surface area contributed by atoms with Gasteiger partial charge in [-0.2, -0.15) is 4.37 Å². The summed E-state index contributed by atoms with van der Waals surface area (Å²) in [5.74, 6) is 4.85. The molecular formula is C12H14N4S3. The molecule has 0 unspecified atom stereocenters. The number of nitrogens with one attached hydrogen (secondary N) is 1. The second-order valence-electron chi connectivity index (χ2n) is 3.75. The van der Waals surface area contributed by atoms with Crippen LogP contribution in [0.5, 0.6) is 0 Å². The van der Waals surface area contributed by atoms with Crippen molar-refractivity contribution in [3.8, 4) is 22.9 Å². The van der Waals surface area contributed by atoms with Gasteiger partial charge < -0.3 is 11.1 Å². The number of rotatable bonds is 6. The highest BCUT2D eigenvalue weighted by Crippen LogP contribution is 2.38. The minimum Gasteiger partial charge on any atom is -0.382 e. The molecule has 7 heteroatoms. The molecule has 100 valence electrons. The lowest BCUT2D eigenvalue weighted by Gasteiger charge is -2.04. The highest BCUT2D eigenvalue weighted by molar-refractivity contribution is 7.99. The van der Waals surface area contributed by atoms with Gasteiger partial charge in [-0.25, -0.2) is 4.98 Å². The van der Waals surface area contributed by atoms with Crippen molar-refractivity contribution in [2.75, 3.05) is 29.1 Å². The smallest absolute Gasteiger partial charge is 0.149 e. The molecule has 0 saturated carbocycles. The number of terminal acetylenes is 1. The molecule has 0 spiro atoms. The Bertz CT molecular complexity index is 582. The van der Waals surface area contributed by atoms with Gasteiger partial charge in [-0.05, 0) is 18.5 Å². The van der Waals surface area contributed by atoms with E-state index < -0.39 is 0 Å². The largest absolute Gasteiger partial charge is 0.382 e. The fraction of sp³-hybridized carbons (Fsp3) is 0.333. The molecule has 0 aliphatic rings. The van der Waals surface area contributed by atoms with Crippen molar-refractivity contribution in [2.45, 2.75) is 6.92 Å². The number of aromatic nitrogens is 2. The first-order chi connectivity index (χ1) is 9.22. The molecule has 0 fully saturated rings. The number of hydrogen-bond acceptors (Lipinski definition) is 7. The Morgan fingerprint density at radius 1 is 1.58 bits per heavy atom. The Kier molecular flexibility index (Phi) is 5.07. The van der Waals surface area contributed by atoms with Crippen molar-refractivity contribution in [3.05, 3.63) is 11.1 Å². The van der Waals surface area contributed by atoms with E-state index >= 15 is 0 Å². The monoisotopic (exact) mass is 310 g/mol. The second kappa shape index (κ2) is 6.80. The van der Waals surface area contributed by atoms with Crippen LogP contribution < -0.4 is 11.1 Å². The molecule has 2 rings (SSSR count). The summed E-state index contributed by atoms with van der Waals surface area (Å²) in [7, 11) is 0. The molecule has 0 radical (unpaired) electrons. The van der Waals surface area contributed by atoms with Crippen molar-refractivity contribution in [2.24, 2.45) is 0 Å². The summed E-state index contributed by atoms with van der Waals surface area (Å²) in [4.78, 5) is 4.47. The molecule has 3 N–H and O–H groups in total. The van der Waals surface area contributed by atoms with Crippen LogP contribution in [0.15, 0.2) is 5.38 Å². The van der Waals surface area contributed by atoms with Crippen molar-refractivity contribution < 1.29 is 0 Å². The van der Waals surface area contributed by atoms with E-state index in [9.17, 15) is 0 Å². The number of thioether (sulfide) groups is 1. The van der Waals surface area contributed by atoms with E-state index in [1.807, 2.05) is 12.3 Å². The Hall–Kier alpha value is -1.23. The number of hydrogen-bond donors (Lipinski definition) is 2. The first-order valence-electron chi connectivity index (χ1n) is 5.65. The summed E-state index contributed by atoms with van der Waals surface area (Å²) >= 11 is 4.69. The van der Waals surface area contributed by atoms with Crippen LogP contribution in [0, 0.1) is 19.3 Å². The minimum absolute atomic E-state index is 0.540. The molecule has 4 nitrogen and oxygen atoms in total. The van der Waals surface area contributed by atoms with Crippen LogP contribution in [-0.2, 0) is 0 Å². The van der Waals surface area contributed by atoms with E-state index in [1.165, 1.54) is 11.5 Å². The Morgan fingerprint density at radius 3 is 3.11 bits per heavy atom. The maximum atomic E-state index is 5.93. The van der Waals surface area contributed by atoms with Crippen LogP contribution in [-0.4, -0.2) is 27.4 Å². The van der Waals surface area contributed by atoms with Crippen LogP contribution in [0.25, 0.3) is 10.6 Å². The lowest BCUT2D eigenvalue weighted by atomic mass is 10.3. The Labute approximate surface area is 125 Å². The highest BCUT2D eigenvalue weighted by atomic mass is 32.2. The molecule has 0 aliphatic carbocycles. The molecule has 0 amide bonds. The molecule has 0 saturated heterocycles. The fourth-order valence-corrected chi connectivity index (χ4v) is 3.64. The molecule has 2 heterocycles. The zero-order valence-corrected chi connectivity index (χ0v) is 12.9. The quantitative estimate of drug-likeness (QED) is 0.634. The topological polar surface area (TPSA) is 63.8 Å². The first kappa shape index (κ1) is 14.2. The van der Waals surface area contributed by atoms with E-state index in [2.05, 4.69) is 20.6 Å². The zero-order chi connectivity index (χ0) is 13.7. The van der Waals surface area contributed by atoms with Crippen molar-refractivity contribution >= 4 is 45.5 Å². The number of nitrogens with two attached hydrogens (primary N) is 1. The van der Waals surface area contributed by atoms with Crippen LogP contribution in [0.2, 0.25) is 0 Å². The molecule has 2 aromatic heterocycles. The molecular weight excluding hydrogens is 296 g/mol. The Morgan fingerprint density at radius 2 is 2.42 bits per heavy atom. The van der Waals surface area contributed by atoms with Crippen LogP contribution in [0.4, 0.5) is 10.8 Å². The molecule has 0 bridgehead atoms. The van der Waals surface area contributed by atoms with Gasteiger partial charge in [0.05, 0.1) is 11.3 Å². The van der Waals surface area contributed by atoms with Gasteiger partial charge >= 0.3 is 0 Å². The van der Waals surface area contributed by atoms with Gasteiger partial charge in [0, 0.05) is 23.4 Å². The molecule has 19 heavy (non-hydrogen) atoms. The number of nitrogen functional groups attached to an aromatic ring is 1. The first-order valence-corrected chi connectivity index (χ1v) is 8.46. The number of aryl methyl sites for hydroxylation is 1. The van der Waals surface area contributed by atoms with Crippen molar-refractivity contribution in [3.63, 3.8) is 0 Å². The molecule has 0 aliphatic heterocycles. The van der Waals surface area contributed by atoms with Crippen LogP contribution in [0.3, 0.4) is 0 Å². The van der Waals surface area contributed by atoms with Gasteiger partial charge in [0.1, 0.15) is 15.8 Å². The van der Waals surface area contributed by atoms with Gasteiger partial charge in [-0.15, -0.1) is 29.5 Å². The van der Waals surface area contributed by atoms with E-state index in [0.717, 1.165) is 39.3 Å². The molecule has 0 atom stereocenters. The number of thiazole rings is 1. The third-order valence-corrected chi connectivity index (χ3v) is 4.93. The minimum atomic E-state index is 0.540. The highest BCUT2D eigenvalue weighted by Gasteiger charge is 2.16. The lowest BCUT2D eigenvalue weighted by Crippen LogP contribution is -2.04. The van der Waals surface area contributed by atoms with Gasteiger partial charge in [0.15, 0.2) is 0 Å². The number of nitrogens with zero attached hydrogens (tertiary/aromatic N) is 2. The number of anilines is 2. The van der Waals surface area contributed by atoms with Gasteiger partial charge in [0.25, 0.3) is 0 Å². The lowest BCUT2D eigenvalue weighted by molar-refractivity contribution is 1.24. The average Bonchev–Trinajstić information content (AvgIpc) is 2.95. The normalized spacial score (nSPS) is 10.3. The Balaban J connectivity index is 2.04. The van der Waals surface area contributed by atoms with Crippen molar-refractivity contribution in [1.82, 2.24) is 9.36 Å². The van der Waals surface area contributed by atoms with Crippen LogP contribution in [0.1, 0.15) is 5.69 Å². The summed E-state index contributed by atoms with van der Waals surface area (Å²) < 4.78 is 4.20. The summed E-state index contributed by atoms with van der Waals surface area (Å²) in [5.41, 5.74) is 7.85. The SMILES string of the molecule is C#CCSCCNc1snc(N)c1-c1nc(C)cs1. The standard InChI is InChI=1S/C12H14N4S3/c1-3-5-17-6-4-14-11-9(10(13)16-19-11)12-15-8(2)7-18-12/h1,7,14H,4-6H2,2H3,(H2,13,16). The molecule has 0 aromatic carbocycles. The second-order valence-corrected chi connectivity index (χ2v) is 6.49. The summed E-state index contributed by atoms with van der Waals surface area (Å²) in [6, 6.07) is 0. The predicted octanol–water partition coefficient (Wildman–Crippen LogP) is 2.94. The zero-order valence-electron chi connectivity index (χ0n) is 10.5. The maximum Gasteiger partial charge on any atom is 0.149 e. The third-order valence-electron chi connectivity index (χ3n) is 2.27. The predicted molar refractivity (Wildman–Crippen MR) is 87.0 cm³/mol. The van der Waals surface area contributed by atoms with Crippen LogP contribution >= 0.6 is 34.6 Å². The third kappa shape index (κ3) is 3.62. The van der Waals surface area contributed by atoms with E-state index in [1.54, 1.807) is 23.1 Å². The maximum absolute atomic E-state index is 5.93. The van der Waals surface area contributed by atoms with E-state index in [4.69, 9.17) is 12.2 Å². The fourth-order valence-electron chi connectivity index (χ4n) is 1.47. The van der Waals surface area contributed by atoms with E-state index in [0.29, 0.717) is 5.82 Å².